The number of allylic oxidation sites excluding steroid dienone is 1. The first-order chi connectivity index (χ1) is 12.3. The van der Waals surface area contributed by atoms with E-state index in [-0.39, 0.29) is 24.5 Å². The number of alkyl halides is 3. The topological polar surface area (TPSA) is 9.23 Å². The van der Waals surface area contributed by atoms with Crippen LogP contribution in [0.2, 0.25) is 18.1 Å². The molecule has 1 fully saturated rings. The molecule has 0 saturated heterocycles. The molecule has 5 heteroatoms. The van der Waals surface area contributed by atoms with Crippen molar-refractivity contribution in [2.45, 2.75) is 63.3 Å². The molecule has 1 aromatic carbocycles. The van der Waals surface area contributed by atoms with Crippen molar-refractivity contribution < 1.29 is 17.6 Å². The second-order valence-corrected chi connectivity index (χ2v) is 13.7. The molecule has 1 aromatic rings. The van der Waals surface area contributed by atoms with E-state index in [0.717, 1.165) is 0 Å². The lowest BCUT2D eigenvalue weighted by Gasteiger charge is -2.35. The van der Waals surface area contributed by atoms with E-state index in [4.69, 9.17) is 4.43 Å². The van der Waals surface area contributed by atoms with E-state index >= 15 is 0 Å². The number of hydrogen-bond acceptors (Lipinski definition) is 1. The molecule has 27 heavy (non-hydrogen) atoms. The van der Waals surface area contributed by atoms with Gasteiger partial charge in [0.05, 0.1) is 12.0 Å². The Balaban J connectivity index is 2.17. The summed E-state index contributed by atoms with van der Waals surface area (Å²) < 4.78 is 48.1. The van der Waals surface area contributed by atoms with Crippen molar-refractivity contribution in [2.75, 3.05) is 6.61 Å². The fourth-order valence-electron chi connectivity index (χ4n) is 3.18. The number of benzene rings is 1. The maximum Gasteiger partial charge on any atom is 0.398 e. The van der Waals surface area contributed by atoms with Gasteiger partial charge in [0.25, 0.3) is 0 Å². The van der Waals surface area contributed by atoms with Crippen LogP contribution in [0, 0.1) is 17.8 Å². The van der Waals surface area contributed by atoms with Crippen molar-refractivity contribution in [1.29, 1.82) is 0 Å². The van der Waals surface area contributed by atoms with Gasteiger partial charge in [-0.1, -0.05) is 75.1 Å². The van der Waals surface area contributed by atoms with Crippen molar-refractivity contribution in [3.63, 3.8) is 0 Å². The van der Waals surface area contributed by atoms with Crippen LogP contribution in [0.4, 0.5) is 13.2 Å². The van der Waals surface area contributed by atoms with Gasteiger partial charge in [0.1, 0.15) is 0 Å². The molecular weight excluding hydrogens is 365 g/mol. The highest BCUT2D eigenvalue weighted by atomic mass is 28.4. The molecule has 148 valence electrons. The van der Waals surface area contributed by atoms with Gasteiger partial charge < -0.3 is 4.43 Å². The standard InChI is InChI=1S/C22H29F3OSi/c1-17-15-21(22(23,24)25,19-12-8-7-9-13-19)16-18(17)11-10-14-26-27(5,6)20(2,3)4/h7-9,12-13,18H,1,14-16H2,2-6H3. The lowest BCUT2D eigenvalue weighted by atomic mass is 9.77. The Hall–Kier alpha value is -1.51. The second kappa shape index (κ2) is 7.48. The summed E-state index contributed by atoms with van der Waals surface area (Å²) in [5.74, 6) is 5.50. The predicted octanol–water partition coefficient (Wildman–Crippen LogP) is 6.48. The van der Waals surface area contributed by atoms with Crippen LogP contribution in [0.15, 0.2) is 42.5 Å². The highest BCUT2D eigenvalue weighted by Crippen LogP contribution is 2.55. The SMILES string of the molecule is C=C1CC(c2ccccc2)(C(F)(F)F)CC1C#CCO[Si](C)(C)C(C)(C)C. The van der Waals surface area contributed by atoms with E-state index in [1.165, 1.54) is 0 Å². The molecule has 2 atom stereocenters. The third kappa shape index (κ3) is 4.49. The van der Waals surface area contributed by atoms with E-state index in [1.54, 1.807) is 30.3 Å². The summed E-state index contributed by atoms with van der Waals surface area (Å²) in [4.78, 5) is 0. The van der Waals surface area contributed by atoms with Crippen molar-refractivity contribution in [1.82, 2.24) is 0 Å². The Morgan fingerprint density at radius 3 is 2.30 bits per heavy atom. The lowest BCUT2D eigenvalue weighted by Crippen LogP contribution is -2.40. The minimum Gasteiger partial charge on any atom is -0.406 e. The molecule has 0 aromatic heterocycles. The van der Waals surface area contributed by atoms with E-state index in [2.05, 4.69) is 52.3 Å². The van der Waals surface area contributed by atoms with Crippen molar-refractivity contribution in [3.8, 4) is 11.8 Å². The van der Waals surface area contributed by atoms with E-state index in [0.29, 0.717) is 11.1 Å². The Morgan fingerprint density at radius 1 is 1.19 bits per heavy atom. The van der Waals surface area contributed by atoms with Crippen LogP contribution in [-0.4, -0.2) is 21.1 Å². The third-order valence-corrected chi connectivity index (χ3v) is 10.5. The molecule has 0 N–H and O–H groups in total. The average molecular weight is 395 g/mol. The molecule has 1 saturated carbocycles. The Kier molecular flexibility index (Phi) is 6.04. The van der Waals surface area contributed by atoms with Crippen molar-refractivity contribution >= 4 is 8.32 Å². The minimum atomic E-state index is -4.34. The summed E-state index contributed by atoms with van der Waals surface area (Å²) in [6, 6.07) is 8.14. The smallest absolute Gasteiger partial charge is 0.398 e. The van der Waals surface area contributed by atoms with Crippen LogP contribution in [0.5, 0.6) is 0 Å². The molecule has 2 rings (SSSR count). The Morgan fingerprint density at radius 2 is 1.78 bits per heavy atom. The summed E-state index contributed by atoms with van der Waals surface area (Å²) in [6.07, 6.45) is -4.53. The molecule has 1 nitrogen and oxygen atoms in total. The fourth-order valence-corrected chi connectivity index (χ4v) is 4.05. The van der Waals surface area contributed by atoms with Crippen LogP contribution < -0.4 is 0 Å². The summed E-state index contributed by atoms with van der Waals surface area (Å²) in [6.45, 7) is 14.8. The molecule has 2 unspecified atom stereocenters. The lowest BCUT2D eigenvalue weighted by molar-refractivity contribution is -0.189. The van der Waals surface area contributed by atoms with Gasteiger partial charge in [-0.2, -0.15) is 13.2 Å². The number of hydrogen-bond donors (Lipinski definition) is 0. The molecule has 0 amide bonds. The predicted molar refractivity (Wildman–Crippen MR) is 107 cm³/mol. The average Bonchev–Trinajstić information content (AvgIpc) is 2.89. The normalized spacial score (nSPS) is 23.9. The molecule has 1 aliphatic rings. The van der Waals surface area contributed by atoms with Gasteiger partial charge in [-0.3, -0.25) is 0 Å². The molecule has 0 bridgehead atoms. The fraction of sp³-hybridized carbons (Fsp3) is 0.545. The van der Waals surface area contributed by atoms with E-state index in [1.807, 2.05) is 0 Å². The maximum atomic E-state index is 14.0. The first-order valence-corrected chi connectivity index (χ1v) is 12.1. The molecular formula is C22H29F3OSi. The van der Waals surface area contributed by atoms with Crippen LogP contribution in [0.25, 0.3) is 0 Å². The zero-order valence-corrected chi connectivity index (χ0v) is 17.8. The van der Waals surface area contributed by atoms with E-state index in [9.17, 15) is 13.2 Å². The van der Waals surface area contributed by atoms with Gasteiger partial charge in [-0.15, -0.1) is 0 Å². The van der Waals surface area contributed by atoms with Crippen molar-refractivity contribution in [2.24, 2.45) is 5.92 Å². The first-order valence-electron chi connectivity index (χ1n) is 9.22. The quantitative estimate of drug-likeness (QED) is 0.324. The largest absolute Gasteiger partial charge is 0.406 e. The highest BCUT2D eigenvalue weighted by Gasteiger charge is 2.59. The number of halogens is 3. The summed E-state index contributed by atoms with van der Waals surface area (Å²) in [5, 5.41) is 0.0738. The van der Waals surface area contributed by atoms with Crippen LogP contribution >= 0.6 is 0 Å². The van der Waals surface area contributed by atoms with E-state index < -0.39 is 25.8 Å². The highest BCUT2D eigenvalue weighted by molar-refractivity contribution is 6.74. The summed E-state index contributed by atoms with van der Waals surface area (Å²) >= 11 is 0. The van der Waals surface area contributed by atoms with Crippen LogP contribution in [0.1, 0.15) is 39.2 Å². The minimum absolute atomic E-state index is 0.0738. The van der Waals surface area contributed by atoms with Gasteiger partial charge in [-0.05, 0) is 36.5 Å². The van der Waals surface area contributed by atoms with Gasteiger partial charge in [0.15, 0.2) is 8.32 Å². The summed E-state index contributed by atoms with van der Waals surface area (Å²) in [5.41, 5.74) is -1.05. The van der Waals surface area contributed by atoms with Crippen molar-refractivity contribution in [3.05, 3.63) is 48.0 Å². The molecule has 0 aliphatic heterocycles. The van der Waals surface area contributed by atoms with Crippen LogP contribution in [-0.2, 0) is 9.84 Å². The van der Waals surface area contributed by atoms with Gasteiger partial charge >= 0.3 is 6.18 Å². The van der Waals surface area contributed by atoms with Gasteiger partial charge in [0, 0.05) is 5.92 Å². The second-order valence-electron chi connectivity index (χ2n) is 8.91. The first kappa shape index (κ1) is 21.8. The van der Waals surface area contributed by atoms with Crippen LogP contribution in [0.3, 0.4) is 0 Å². The van der Waals surface area contributed by atoms with Gasteiger partial charge in [0.2, 0.25) is 0 Å². The van der Waals surface area contributed by atoms with Gasteiger partial charge in [-0.25, -0.2) is 0 Å². The molecule has 0 radical (unpaired) electrons. The number of rotatable bonds is 3. The molecule has 0 spiro atoms. The zero-order chi connectivity index (χ0) is 20.5. The third-order valence-electron chi connectivity index (χ3n) is 6.03. The Bertz CT molecular complexity index is 735. The zero-order valence-electron chi connectivity index (χ0n) is 16.8. The molecule has 1 aliphatic carbocycles. The monoisotopic (exact) mass is 394 g/mol. The maximum absolute atomic E-state index is 14.0. The summed E-state index contributed by atoms with van der Waals surface area (Å²) in [7, 11) is -1.91. The molecule has 0 heterocycles. The Labute approximate surface area is 162 Å².